The average Bonchev–Trinajstić information content (AvgIpc) is 2.84. The minimum absolute atomic E-state index is 0.00869. The Bertz CT molecular complexity index is 1160. The van der Waals surface area contributed by atoms with E-state index in [1.54, 1.807) is 6.20 Å². The van der Waals surface area contributed by atoms with Gasteiger partial charge in [-0.2, -0.15) is 0 Å². The second-order valence-corrected chi connectivity index (χ2v) is 6.88. The highest BCUT2D eigenvalue weighted by atomic mass is 32.2. The molecule has 5 heteroatoms. The van der Waals surface area contributed by atoms with Crippen LogP contribution in [0.5, 0.6) is 0 Å². The molecule has 0 radical (unpaired) electrons. The molecule has 134 valence electrons. The normalized spacial score (nSPS) is 10.9. The summed E-state index contributed by atoms with van der Waals surface area (Å²) in [5.74, 6) is 0. The Balaban J connectivity index is 1.78. The van der Waals surface area contributed by atoms with Crippen LogP contribution in [0.1, 0.15) is 5.56 Å². The quantitative estimate of drug-likeness (QED) is 0.480. The summed E-state index contributed by atoms with van der Waals surface area (Å²) in [6.45, 7) is 0.684. The Morgan fingerprint density at radius 2 is 1.70 bits per heavy atom. The summed E-state index contributed by atoms with van der Waals surface area (Å²) in [5, 5.41) is 5.56. The molecule has 0 fully saturated rings. The van der Waals surface area contributed by atoms with Gasteiger partial charge in [0.25, 0.3) is 0 Å². The van der Waals surface area contributed by atoms with Gasteiger partial charge in [-0.1, -0.05) is 54.4 Å². The summed E-state index contributed by atoms with van der Waals surface area (Å²) >= 11 is 1.50. The van der Waals surface area contributed by atoms with Crippen molar-refractivity contribution < 1.29 is 0 Å². The lowest BCUT2D eigenvalue weighted by atomic mass is 10.1. The maximum atomic E-state index is 13.2. The minimum atomic E-state index is -0.00869. The average molecular weight is 373 g/mol. The molecule has 0 unspecified atom stereocenters. The lowest BCUT2D eigenvalue weighted by molar-refractivity contribution is 1.14. The molecule has 0 aliphatic carbocycles. The van der Waals surface area contributed by atoms with E-state index in [1.165, 1.54) is 17.5 Å². The fourth-order valence-corrected chi connectivity index (χ4v) is 3.44. The van der Waals surface area contributed by atoms with Crippen molar-refractivity contribution in [3.63, 3.8) is 0 Å². The number of benzene rings is 2. The number of pyridine rings is 1. The van der Waals surface area contributed by atoms with Crippen molar-refractivity contribution in [3.8, 4) is 0 Å². The fraction of sp³-hybridized carbons (Fsp3) is 0.0909. The van der Waals surface area contributed by atoms with Crippen molar-refractivity contribution >= 4 is 45.0 Å². The van der Waals surface area contributed by atoms with Crippen LogP contribution in [0.4, 0.5) is 11.4 Å². The number of nitrogens with one attached hydrogen (secondary N) is 2. The van der Waals surface area contributed by atoms with Crippen molar-refractivity contribution in [2.75, 3.05) is 16.3 Å². The second-order valence-electron chi connectivity index (χ2n) is 6.27. The third-order valence-corrected chi connectivity index (χ3v) is 4.88. The summed E-state index contributed by atoms with van der Waals surface area (Å²) < 4.78 is 3.18. The van der Waals surface area contributed by atoms with E-state index in [0.717, 1.165) is 16.8 Å². The first kappa shape index (κ1) is 17.4. The Kier molecular flexibility index (Phi) is 4.94. The van der Waals surface area contributed by atoms with Gasteiger partial charge in [0.15, 0.2) is 5.43 Å². The van der Waals surface area contributed by atoms with Crippen molar-refractivity contribution in [2.24, 2.45) is 0 Å². The molecule has 0 atom stereocenters. The molecular formula is C22H19N3OS. The molecule has 0 saturated heterocycles. The number of nitrogens with zero attached hydrogens (tertiary/aromatic N) is 1. The molecule has 4 aromatic rings. The fourth-order valence-electron chi connectivity index (χ4n) is 3.08. The molecule has 0 amide bonds. The lowest BCUT2D eigenvalue weighted by Crippen LogP contribution is -2.03. The molecule has 4 nitrogen and oxygen atoms in total. The highest BCUT2D eigenvalue weighted by Gasteiger charge is 2.06. The molecule has 0 aliphatic heterocycles. The third kappa shape index (κ3) is 3.73. The molecule has 1 heterocycles. The highest BCUT2D eigenvalue weighted by Crippen LogP contribution is 2.21. The first-order chi connectivity index (χ1) is 13.2. The lowest BCUT2D eigenvalue weighted by Gasteiger charge is -2.06. The van der Waals surface area contributed by atoms with Crippen LogP contribution >= 0.6 is 11.9 Å². The summed E-state index contributed by atoms with van der Waals surface area (Å²) in [6.07, 6.45) is 3.73. The zero-order valence-electron chi connectivity index (χ0n) is 14.9. The summed E-state index contributed by atoms with van der Waals surface area (Å²) in [6, 6.07) is 21.7. The second kappa shape index (κ2) is 7.68. The monoisotopic (exact) mass is 373 g/mol. The van der Waals surface area contributed by atoms with Crippen molar-refractivity contribution in [1.29, 1.82) is 0 Å². The van der Waals surface area contributed by atoms with Gasteiger partial charge in [-0.15, -0.1) is 0 Å². The maximum absolute atomic E-state index is 13.2. The van der Waals surface area contributed by atoms with Gasteiger partial charge in [-0.05, 0) is 35.2 Å². The molecule has 1 aromatic heterocycles. The van der Waals surface area contributed by atoms with Gasteiger partial charge in [-0.25, -0.2) is 0 Å². The number of hydrogen-bond donors (Lipinski definition) is 2. The molecule has 3 aromatic carbocycles. The van der Waals surface area contributed by atoms with Crippen LogP contribution in [0.15, 0.2) is 77.7 Å². The third-order valence-electron chi connectivity index (χ3n) is 4.44. The Morgan fingerprint density at radius 3 is 2.52 bits per heavy atom. The zero-order chi connectivity index (χ0) is 18.6. The van der Waals surface area contributed by atoms with Crippen molar-refractivity contribution in [1.82, 2.24) is 4.98 Å². The Hall–Kier alpha value is -3.05. The molecule has 4 rings (SSSR count). The number of hydrogen-bond acceptors (Lipinski definition) is 5. The van der Waals surface area contributed by atoms with Gasteiger partial charge in [0.2, 0.25) is 0 Å². The van der Waals surface area contributed by atoms with Gasteiger partial charge in [0.1, 0.15) is 0 Å². The number of fused-ring (bicyclic) bond motifs is 2. The van der Waals surface area contributed by atoms with Crippen LogP contribution < -0.4 is 15.5 Å². The van der Waals surface area contributed by atoms with Crippen LogP contribution in [0.3, 0.4) is 0 Å². The SMILES string of the molecule is CSNc1ccc2ccc3ncc(NCc4ccccc4)cc3c(=O)c2c1. The molecule has 0 spiro atoms. The van der Waals surface area contributed by atoms with Gasteiger partial charge in [0, 0.05) is 23.9 Å². The van der Waals surface area contributed by atoms with Crippen LogP contribution in [0, 0.1) is 0 Å². The van der Waals surface area contributed by atoms with E-state index in [9.17, 15) is 4.79 Å². The molecular weight excluding hydrogens is 354 g/mol. The van der Waals surface area contributed by atoms with E-state index < -0.39 is 0 Å². The highest BCUT2D eigenvalue weighted by molar-refractivity contribution is 7.99. The van der Waals surface area contributed by atoms with Crippen LogP contribution in [0.2, 0.25) is 0 Å². The summed E-state index contributed by atoms with van der Waals surface area (Å²) in [5.41, 5.74) is 3.61. The topological polar surface area (TPSA) is 54.0 Å². The number of aromatic nitrogens is 1. The van der Waals surface area contributed by atoms with E-state index in [-0.39, 0.29) is 5.43 Å². The predicted molar refractivity (Wildman–Crippen MR) is 116 cm³/mol. The molecule has 0 bridgehead atoms. The first-order valence-electron chi connectivity index (χ1n) is 8.68. The Labute approximate surface area is 161 Å². The van der Waals surface area contributed by atoms with Gasteiger partial charge >= 0.3 is 0 Å². The van der Waals surface area contributed by atoms with E-state index in [1.807, 2.05) is 60.9 Å². The molecule has 27 heavy (non-hydrogen) atoms. The number of anilines is 2. The first-order valence-corrected chi connectivity index (χ1v) is 9.91. The Morgan fingerprint density at radius 1 is 0.926 bits per heavy atom. The molecule has 0 saturated carbocycles. The van der Waals surface area contributed by atoms with E-state index in [0.29, 0.717) is 22.8 Å². The minimum Gasteiger partial charge on any atom is -0.380 e. The van der Waals surface area contributed by atoms with Crippen molar-refractivity contribution in [3.05, 3.63) is 88.7 Å². The van der Waals surface area contributed by atoms with E-state index in [2.05, 4.69) is 27.2 Å². The van der Waals surface area contributed by atoms with Gasteiger partial charge in [-0.3, -0.25) is 9.78 Å². The summed E-state index contributed by atoms with van der Waals surface area (Å²) in [7, 11) is 0. The van der Waals surface area contributed by atoms with Crippen LogP contribution in [-0.2, 0) is 6.54 Å². The van der Waals surface area contributed by atoms with Gasteiger partial charge < -0.3 is 10.0 Å². The number of rotatable bonds is 5. The van der Waals surface area contributed by atoms with E-state index in [4.69, 9.17) is 0 Å². The van der Waals surface area contributed by atoms with Crippen LogP contribution in [-0.4, -0.2) is 11.2 Å². The maximum Gasteiger partial charge on any atom is 0.195 e. The predicted octanol–water partition coefficient (Wildman–Crippen LogP) is 5.05. The smallest absolute Gasteiger partial charge is 0.195 e. The zero-order valence-corrected chi connectivity index (χ0v) is 15.7. The standard InChI is InChI=1S/C22H19N3OS/c1-27-25-17-9-7-16-8-10-21-20(22(26)19(16)11-17)12-18(14-24-21)23-13-15-5-3-2-4-6-15/h2-12,14,23,25H,13H2,1H3. The van der Waals surface area contributed by atoms with Gasteiger partial charge in [0.05, 0.1) is 22.8 Å². The molecule has 2 N–H and O–H groups in total. The summed E-state index contributed by atoms with van der Waals surface area (Å²) in [4.78, 5) is 17.7. The van der Waals surface area contributed by atoms with Crippen molar-refractivity contribution in [2.45, 2.75) is 6.54 Å². The molecule has 0 aliphatic rings. The van der Waals surface area contributed by atoms with E-state index >= 15 is 0 Å². The largest absolute Gasteiger partial charge is 0.380 e. The van der Waals surface area contributed by atoms with Crippen LogP contribution in [0.25, 0.3) is 21.7 Å².